The third-order valence-corrected chi connectivity index (χ3v) is 4.62. The molecule has 29 heavy (non-hydrogen) atoms. The van der Waals surface area contributed by atoms with E-state index in [9.17, 15) is 9.59 Å². The zero-order valence-corrected chi connectivity index (χ0v) is 17.9. The lowest BCUT2D eigenvalue weighted by molar-refractivity contribution is -0.114. The Hall–Kier alpha value is -2.88. The molecule has 0 aromatic heterocycles. The molecule has 0 spiro atoms. The third kappa shape index (κ3) is 7.22. The fourth-order valence-corrected chi connectivity index (χ4v) is 3.68. The minimum Gasteiger partial charge on any atom is -0.478 e. The van der Waals surface area contributed by atoms with Crippen LogP contribution in [0.4, 0.5) is 0 Å². The van der Waals surface area contributed by atoms with Crippen LogP contribution in [0.1, 0.15) is 62.5 Å². The number of allylic oxidation sites excluding steroid dienone is 1. The molecule has 4 heteroatoms. The van der Waals surface area contributed by atoms with Crippen LogP contribution in [0.3, 0.4) is 0 Å². The zero-order valence-electron chi connectivity index (χ0n) is 17.9. The topological polar surface area (TPSA) is 63.6 Å². The van der Waals surface area contributed by atoms with Crippen LogP contribution in [0.15, 0.2) is 60.9 Å². The molecule has 0 aliphatic carbocycles. The van der Waals surface area contributed by atoms with Gasteiger partial charge in [-0.15, -0.1) is 0 Å². The Morgan fingerprint density at radius 3 is 2.24 bits per heavy atom. The van der Waals surface area contributed by atoms with Gasteiger partial charge in [0.1, 0.15) is 5.75 Å². The number of carbonyl (C=O) groups is 2. The second-order valence-corrected chi connectivity index (χ2v) is 9.21. The van der Waals surface area contributed by atoms with Crippen molar-refractivity contribution in [3.05, 3.63) is 77.6 Å². The summed E-state index contributed by atoms with van der Waals surface area (Å²) in [6, 6.07) is 14.3. The van der Waals surface area contributed by atoms with Gasteiger partial charge in [-0.2, -0.15) is 0 Å². The highest BCUT2D eigenvalue weighted by Gasteiger charge is 2.27. The molecule has 0 unspecified atom stereocenters. The highest BCUT2D eigenvalue weighted by molar-refractivity contribution is 5.92. The summed E-state index contributed by atoms with van der Waals surface area (Å²) in [6.45, 7) is 11.2. The molecule has 0 amide bonds. The summed E-state index contributed by atoms with van der Waals surface area (Å²) >= 11 is 0. The van der Waals surface area contributed by atoms with Crippen LogP contribution in [0.25, 0.3) is 0 Å². The standard InChI is InChI=1S/C25H30O4/c1-24(2,3)17-25(4,5)20-9-11-22(12-10-20)29-14-13-21(26)16-18-7-6-8-19(15-18)23(27)28/h6-15H,16-17H2,1-5H3,(H,27,28)/b14-13+. The minimum atomic E-state index is -1.01. The van der Waals surface area contributed by atoms with Gasteiger partial charge in [0.15, 0.2) is 5.78 Å². The first kappa shape index (κ1) is 22.4. The molecule has 0 saturated heterocycles. The van der Waals surface area contributed by atoms with E-state index in [0.717, 1.165) is 6.42 Å². The summed E-state index contributed by atoms with van der Waals surface area (Å²) in [5, 5.41) is 9.02. The maximum absolute atomic E-state index is 12.1. The van der Waals surface area contributed by atoms with Crippen LogP contribution in [-0.4, -0.2) is 16.9 Å². The van der Waals surface area contributed by atoms with Gasteiger partial charge in [0, 0.05) is 12.5 Å². The van der Waals surface area contributed by atoms with Gasteiger partial charge < -0.3 is 9.84 Å². The van der Waals surface area contributed by atoms with Crippen LogP contribution in [0.2, 0.25) is 0 Å². The lowest BCUT2D eigenvalue weighted by Gasteiger charge is -2.33. The van der Waals surface area contributed by atoms with Gasteiger partial charge >= 0.3 is 5.97 Å². The van der Waals surface area contributed by atoms with Gasteiger partial charge in [-0.1, -0.05) is 58.9 Å². The van der Waals surface area contributed by atoms with E-state index < -0.39 is 5.97 Å². The number of hydrogen-bond acceptors (Lipinski definition) is 3. The lowest BCUT2D eigenvalue weighted by atomic mass is 9.72. The first-order valence-corrected chi connectivity index (χ1v) is 9.75. The van der Waals surface area contributed by atoms with Crippen molar-refractivity contribution >= 4 is 11.8 Å². The second kappa shape index (κ2) is 9.08. The molecule has 0 aliphatic heterocycles. The predicted octanol–water partition coefficient (Wildman–Crippen LogP) is 5.80. The Balaban J connectivity index is 1.94. The number of hydrogen-bond donors (Lipinski definition) is 1. The van der Waals surface area contributed by atoms with Crippen LogP contribution >= 0.6 is 0 Å². The molecular weight excluding hydrogens is 364 g/mol. The summed E-state index contributed by atoms with van der Waals surface area (Å²) < 4.78 is 5.55. The van der Waals surface area contributed by atoms with Crippen molar-refractivity contribution < 1.29 is 19.4 Å². The fourth-order valence-electron chi connectivity index (χ4n) is 3.68. The van der Waals surface area contributed by atoms with E-state index in [1.807, 2.05) is 12.1 Å². The smallest absolute Gasteiger partial charge is 0.335 e. The number of benzene rings is 2. The van der Waals surface area contributed by atoms with E-state index in [-0.39, 0.29) is 28.6 Å². The van der Waals surface area contributed by atoms with Crippen LogP contribution in [0, 0.1) is 5.41 Å². The molecule has 4 nitrogen and oxygen atoms in total. The Labute approximate surface area is 173 Å². The van der Waals surface area contributed by atoms with Crippen LogP contribution in [0.5, 0.6) is 5.75 Å². The number of ether oxygens (including phenoxy) is 1. The van der Waals surface area contributed by atoms with Gasteiger partial charge in [0.25, 0.3) is 0 Å². The molecule has 1 N–H and O–H groups in total. The molecule has 0 aliphatic rings. The van der Waals surface area contributed by atoms with Crippen molar-refractivity contribution in [2.75, 3.05) is 0 Å². The molecule has 0 heterocycles. The molecule has 2 aromatic rings. The van der Waals surface area contributed by atoms with Gasteiger partial charge in [-0.3, -0.25) is 4.79 Å². The number of rotatable bonds is 8. The Morgan fingerprint density at radius 1 is 1.00 bits per heavy atom. The molecule has 154 valence electrons. The van der Waals surface area contributed by atoms with E-state index in [1.54, 1.807) is 12.1 Å². The van der Waals surface area contributed by atoms with E-state index in [2.05, 4.69) is 46.8 Å². The molecule has 0 fully saturated rings. The summed E-state index contributed by atoms with van der Waals surface area (Å²) in [6.07, 6.45) is 3.93. The zero-order chi connectivity index (χ0) is 21.7. The maximum Gasteiger partial charge on any atom is 0.335 e. The van der Waals surface area contributed by atoms with Gasteiger partial charge in [0.2, 0.25) is 0 Å². The third-order valence-electron chi connectivity index (χ3n) is 4.62. The number of carboxylic acid groups (broad SMARTS) is 1. The van der Waals surface area contributed by atoms with E-state index in [4.69, 9.17) is 9.84 Å². The summed E-state index contributed by atoms with van der Waals surface area (Å²) in [5.41, 5.74) is 2.38. The minimum absolute atomic E-state index is 0.0626. The molecular formula is C25H30O4. The van der Waals surface area contributed by atoms with Gasteiger partial charge in [-0.05, 0) is 52.6 Å². The van der Waals surface area contributed by atoms with Gasteiger partial charge in [-0.25, -0.2) is 4.79 Å². The second-order valence-electron chi connectivity index (χ2n) is 9.21. The van der Waals surface area contributed by atoms with Crippen LogP contribution in [-0.2, 0) is 16.6 Å². The highest BCUT2D eigenvalue weighted by Crippen LogP contribution is 2.36. The summed E-state index contributed by atoms with van der Waals surface area (Å²) in [7, 11) is 0. The summed E-state index contributed by atoms with van der Waals surface area (Å²) in [4.78, 5) is 23.1. The maximum atomic E-state index is 12.1. The quantitative estimate of drug-likeness (QED) is 0.454. The Morgan fingerprint density at radius 2 is 1.66 bits per heavy atom. The number of carbonyl (C=O) groups excluding carboxylic acids is 1. The van der Waals surface area contributed by atoms with Crippen molar-refractivity contribution in [1.82, 2.24) is 0 Å². The average molecular weight is 395 g/mol. The monoisotopic (exact) mass is 394 g/mol. The first-order valence-electron chi connectivity index (χ1n) is 9.75. The highest BCUT2D eigenvalue weighted by atomic mass is 16.5. The molecule has 2 aromatic carbocycles. The molecule has 0 radical (unpaired) electrons. The number of ketones is 1. The van der Waals surface area contributed by atoms with E-state index in [0.29, 0.717) is 11.3 Å². The van der Waals surface area contributed by atoms with Crippen LogP contribution < -0.4 is 4.74 Å². The summed E-state index contributed by atoms with van der Waals surface area (Å²) in [5.74, 6) is -0.500. The average Bonchev–Trinajstić information content (AvgIpc) is 2.60. The largest absolute Gasteiger partial charge is 0.478 e. The van der Waals surface area contributed by atoms with E-state index >= 15 is 0 Å². The first-order chi connectivity index (χ1) is 13.5. The molecule has 2 rings (SSSR count). The lowest BCUT2D eigenvalue weighted by Crippen LogP contribution is -2.24. The number of carboxylic acids is 1. The van der Waals surface area contributed by atoms with Crippen molar-refractivity contribution in [3.8, 4) is 5.75 Å². The van der Waals surface area contributed by atoms with Crippen molar-refractivity contribution in [1.29, 1.82) is 0 Å². The Bertz CT molecular complexity index is 884. The van der Waals surface area contributed by atoms with Crippen molar-refractivity contribution in [2.24, 2.45) is 5.41 Å². The van der Waals surface area contributed by atoms with Crippen molar-refractivity contribution in [3.63, 3.8) is 0 Å². The van der Waals surface area contributed by atoms with Crippen molar-refractivity contribution in [2.45, 2.75) is 52.9 Å². The normalized spacial score (nSPS) is 12.2. The number of aromatic carboxylic acids is 1. The Kier molecular flexibility index (Phi) is 7.02. The SMILES string of the molecule is CC(C)(C)CC(C)(C)c1ccc(O/C=C/C(=O)Cc2cccc(C(=O)O)c2)cc1. The predicted molar refractivity (Wildman–Crippen MR) is 115 cm³/mol. The van der Waals surface area contributed by atoms with Gasteiger partial charge in [0.05, 0.1) is 11.8 Å². The molecule has 0 saturated carbocycles. The molecule has 0 atom stereocenters. The fraction of sp³-hybridized carbons (Fsp3) is 0.360. The van der Waals surface area contributed by atoms with E-state index in [1.165, 1.54) is 30.0 Å². The molecule has 0 bridgehead atoms.